The van der Waals surface area contributed by atoms with Crippen LogP contribution in [0.15, 0.2) is 88.4 Å². The summed E-state index contributed by atoms with van der Waals surface area (Å²) in [5.74, 6) is 0.785. The van der Waals surface area contributed by atoms with Crippen molar-refractivity contribution in [1.29, 1.82) is 0 Å². The third kappa shape index (κ3) is 5.53. The van der Waals surface area contributed by atoms with E-state index in [1.807, 2.05) is 30.3 Å². The summed E-state index contributed by atoms with van der Waals surface area (Å²) in [5.41, 5.74) is 4.73. The van der Waals surface area contributed by atoms with Crippen molar-refractivity contribution in [3.63, 3.8) is 0 Å². The van der Waals surface area contributed by atoms with Gasteiger partial charge in [0.15, 0.2) is 11.5 Å². The molecule has 0 radical (unpaired) electrons. The van der Waals surface area contributed by atoms with E-state index in [1.54, 1.807) is 37.4 Å². The van der Waals surface area contributed by atoms with Crippen LogP contribution in [0.25, 0.3) is 10.8 Å². The standard InChI is InChI=1S/C26H20BrClN2O3/c1-32-24-13-17(15-29-30-26(31)19-8-5-10-21(28)14-19)12-23(27)25(24)33-16-20-9-4-7-18-6-2-3-11-22(18)20/h2-15H,16H2,1H3,(H,30,31)/b29-15-. The fourth-order valence-electron chi connectivity index (χ4n) is 3.38. The first-order valence-electron chi connectivity index (χ1n) is 10.1. The molecule has 4 aromatic rings. The van der Waals surface area contributed by atoms with Gasteiger partial charge in [0.05, 0.1) is 17.8 Å². The lowest BCUT2D eigenvalue weighted by Gasteiger charge is -2.14. The molecule has 0 aliphatic carbocycles. The molecule has 0 bridgehead atoms. The fourth-order valence-corrected chi connectivity index (χ4v) is 4.15. The van der Waals surface area contributed by atoms with Gasteiger partial charge < -0.3 is 9.47 Å². The maximum absolute atomic E-state index is 12.2. The number of methoxy groups -OCH3 is 1. The summed E-state index contributed by atoms with van der Waals surface area (Å²) >= 11 is 9.49. The van der Waals surface area contributed by atoms with Crippen LogP contribution in [0.5, 0.6) is 11.5 Å². The third-order valence-electron chi connectivity index (χ3n) is 4.97. The molecule has 0 atom stereocenters. The molecule has 166 valence electrons. The van der Waals surface area contributed by atoms with Crippen LogP contribution in [0.1, 0.15) is 21.5 Å². The number of ether oxygens (including phenoxy) is 2. The highest BCUT2D eigenvalue weighted by molar-refractivity contribution is 9.10. The van der Waals surface area contributed by atoms with Crippen molar-refractivity contribution in [2.75, 3.05) is 7.11 Å². The van der Waals surface area contributed by atoms with Gasteiger partial charge in [0.25, 0.3) is 5.91 Å². The van der Waals surface area contributed by atoms with E-state index in [9.17, 15) is 4.79 Å². The smallest absolute Gasteiger partial charge is 0.271 e. The van der Waals surface area contributed by atoms with E-state index in [0.29, 0.717) is 33.2 Å². The predicted molar refractivity (Wildman–Crippen MR) is 135 cm³/mol. The van der Waals surface area contributed by atoms with Gasteiger partial charge in [-0.15, -0.1) is 0 Å². The number of nitrogens with zero attached hydrogens (tertiary/aromatic N) is 1. The Bertz CT molecular complexity index is 1340. The lowest BCUT2D eigenvalue weighted by atomic mass is 10.1. The molecule has 1 N–H and O–H groups in total. The number of nitrogens with one attached hydrogen (secondary N) is 1. The Kier molecular flexibility index (Phi) is 7.27. The lowest BCUT2D eigenvalue weighted by Crippen LogP contribution is -2.17. The fraction of sp³-hybridized carbons (Fsp3) is 0.0769. The minimum Gasteiger partial charge on any atom is -0.493 e. The molecule has 0 heterocycles. The van der Waals surface area contributed by atoms with Gasteiger partial charge in [-0.25, -0.2) is 5.43 Å². The van der Waals surface area contributed by atoms with Crippen LogP contribution in [0.4, 0.5) is 0 Å². The monoisotopic (exact) mass is 522 g/mol. The molecule has 0 aromatic heterocycles. The second kappa shape index (κ2) is 10.5. The van der Waals surface area contributed by atoms with E-state index in [-0.39, 0.29) is 5.91 Å². The molecule has 0 saturated heterocycles. The maximum atomic E-state index is 12.2. The zero-order chi connectivity index (χ0) is 23.2. The van der Waals surface area contributed by atoms with Crippen molar-refractivity contribution in [2.24, 2.45) is 5.10 Å². The Morgan fingerprint density at radius 1 is 1.06 bits per heavy atom. The first-order valence-corrected chi connectivity index (χ1v) is 11.3. The molecule has 0 spiro atoms. The average Bonchev–Trinajstić information content (AvgIpc) is 2.83. The molecule has 33 heavy (non-hydrogen) atoms. The van der Waals surface area contributed by atoms with Gasteiger partial charge in [-0.2, -0.15) is 5.10 Å². The van der Waals surface area contributed by atoms with Crippen LogP contribution in [-0.4, -0.2) is 19.2 Å². The van der Waals surface area contributed by atoms with Crippen LogP contribution >= 0.6 is 27.5 Å². The number of amides is 1. The van der Waals surface area contributed by atoms with Gasteiger partial charge in [0.2, 0.25) is 0 Å². The summed E-state index contributed by atoms with van der Waals surface area (Å²) in [6.45, 7) is 0.388. The number of carbonyl (C=O) groups excluding carboxylic acids is 1. The molecule has 0 aliphatic rings. The zero-order valence-electron chi connectivity index (χ0n) is 17.7. The van der Waals surface area contributed by atoms with E-state index in [0.717, 1.165) is 21.9 Å². The highest BCUT2D eigenvalue weighted by atomic mass is 79.9. The number of halogens is 2. The van der Waals surface area contributed by atoms with Gasteiger partial charge in [-0.1, -0.05) is 60.1 Å². The molecule has 5 nitrogen and oxygen atoms in total. The molecular weight excluding hydrogens is 504 g/mol. The van der Waals surface area contributed by atoms with Gasteiger partial charge in [0.1, 0.15) is 6.61 Å². The summed E-state index contributed by atoms with van der Waals surface area (Å²) in [6.07, 6.45) is 1.53. The van der Waals surface area contributed by atoms with Gasteiger partial charge in [0, 0.05) is 10.6 Å². The summed E-state index contributed by atoms with van der Waals surface area (Å²) in [4.78, 5) is 12.2. The van der Waals surface area contributed by atoms with E-state index >= 15 is 0 Å². The lowest BCUT2D eigenvalue weighted by molar-refractivity contribution is 0.0955. The highest BCUT2D eigenvalue weighted by Crippen LogP contribution is 2.37. The van der Waals surface area contributed by atoms with Crippen molar-refractivity contribution < 1.29 is 14.3 Å². The number of carbonyl (C=O) groups is 1. The molecule has 0 unspecified atom stereocenters. The summed E-state index contributed by atoms with van der Waals surface area (Å²) in [5, 5.41) is 6.83. The quantitative estimate of drug-likeness (QED) is 0.219. The highest BCUT2D eigenvalue weighted by Gasteiger charge is 2.13. The number of benzene rings is 4. The normalized spacial score (nSPS) is 11.0. The van der Waals surface area contributed by atoms with Crippen molar-refractivity contribution in [2.45, 2.75) is 6.61 Å². The number of hydrazone groups is 1. The van der Waals surface area contributed by atoms with E-state index in [4.69, 9.17) is 21.1 Å². The molecule has 1 amide bonds. The summed E-state index contributed by atoms with van der Waals surface area (Å²) < 4.78 is 12.4. The Balaban J connectivity index is 1.48. The first kappa shape index (κ1) is 22.8. The second-order valence-electron chi connectivity index (χ2n) is 7.17. The molecule has 0 aliphatic heterocycles. The number of fused-ring (bicyclic) bond motifs is 1. The van der Waals surface area contributed by atoms with Crippen molar-refractivity contribution in [3.8, 4) is 11.5 Å². The molecule has 4 aromatic carbocycles. The van der Waals surface area contributed by atoms with E-state index in [2.05, 4.69) is 44.7 Å². The topological polar surface area (TPSA) is 59.9 Å². The minimum atomic E-state index is -0.352. The van der Waals surface area contributed by atoms with Crippen LogP contribution < -0.4 is 14.9 Å². The number of hydrogen-bond donors (Lipinski definition) is 1. The Hall–Kier alpha value is -3.35. The Morgan fingerprint density at radius 2 is 1.85 bits per heavy atom. The number of hydrogen-bond acceptors (Lipinski definition) is 4. The molecular formula is C26H20BrClN2O3. The number of rotatable bonds is 7. The Morgan fingerprint density at radius 3 is 2.67 bits per heavy atom. The van der Waals surface area contributed by atoms with Crippen molar-refractivity contribution in [1.82, 2.24) is 5.43 Å². The first-order chi connectivity index (χ1) is 16.0. The van der Waals surface area contributed by atoms with Crippen LogP contribution in [-0.2, 0) is 6.61 Å². The van der Waals surface area contributed by atoms with Crippen LogP contribution in [0.3, 0.4) is 0 Å². The maximum Gasteiger partial charge on any atom is 0.271 e. The van der Waals surface area contributed by atoms with Crippen LogP contribution in [0.2, 0.25) is 5.02 Å². The molecule has 7 heteroatoms. The predicted octanol–water partition coefficient (Wildman–Crippen LogP) is 6.61. The summed E-state index contributed by atoms with van der Waals surface area (Å²) in [7, 11) is 1.58. The molecule has 4 rings (SSSR count). The second-order valence-corrected chi connectivity index (χ2v) is 8.46. The average molecular weight is 524 g/mol. The molecule has 0 saturated carbocycles. The van der Waals surface area contributed by atoms with Crippen molar-refractivity contribution in [3.05, 3.63) is 105 Å². The van der Waals surface area contributed by atoms with Gasteiger partial charge in [-0.3, -0.25) is 4.79 Å². The molecule has 0 fully saturated rings. The van der Waals surface area contributed by atoms with Crippen LogP contribution in [0, 0.1) is 0 Å². The Labute approximate surface area is 205 Å². The van der Waals surface area contributed by atoms with Gasteiger partial charge >= 0.3 is 0 Å². The minimum absolute atomic E-state index is 0.352. The zero-order valence-corrected chi connectivity index (χ0v) is 20.1. The van der Waals surface area contributed by atoms with E-state index < -0.39 is 0 Å². The van der Waals surface area contributed by atoms with Gasteiger partial charge in [-0.05, 0) is 68.2 Å². The third-order valence-corrected chi connectivity index (χ3v) is 5.79. The SMILES string of the molecule is COc1cc(/C=N\NC(=O)c2cccc(Cl)c2)cc(Br)c1OCc1cccc2ccccc12. The largest absolute Gasteiger partial charge is 0.493 e. The summed E-state index contributed by atoms with van der Waals surface area (Å²) in [6, 6.07) is 24.6. The van der Waals surface area contributed by atoms with E-state index in [1.165, 1.54) is 6.21 Å². The van der Waals surface area contributed by atoms with Crippen molar-refractivity contribution >= 4 is 50.4 Å².